The smallest absolute Gasteiger partial charge is 0.335 e. The van der Waals surface area contributed by atoms with Crippen LogP contribution in [0.3, 0.4) is 0 Å². The summed E-state index contributed by atoms with van der Waals surface area (Å²) in [5.41, 5.74) is 0. The van der Waals surface area contributed by atoms with Crippen molar-refractivity contribution >= 4 is 31.1 Å². The van der Waals surface area contributed by atoms with Crippen LogP contribution in [-0.4, -0.2) is 61.4 Å². The Morgan fingerprint density at radius 1 is 1.04 bits per heavy atom. The van der Waals surface area contributed by atoms with Crippen molar-refractivity contribution in [2.75, 3.05) is 19.7 Å². The van der Waals surface area contributed by atoms with Crippen molar-refractivity contribution in [3.63, 3.8) is 0 Å². The van der Waals surface area contributed by atoms with Crippen molar-refractivity contribution in [3.05, 3.63) is 0 Å². The van der Waals surface area contributed by atoms with Crippen molar-refractivity contribution in [2.45, 2.75) is 91.6 Å². The zero-order valence-electron chi connectivity index (χ0n) is 18.9. The summed E-state index contributed by atoms with van der Waals surface area (Å²) in [6.07, 6.45) is 2.22. The molecule has 156 valence electrons. The van der Waals surface area contributed by atoms with Crippen LogP contribution in [0.4, 0.5) is 0 Å². The van der Waals surface area contributed by atoms with Crippen molar-refractivity contribution in [3.8, 4) is 0 Å². The minimum Gasteiger partial charge on any atom is -0.519 e. The van der Waals surface area contributed by atoms with E-state index < -0.39 is 25.1 Å². The predicted molar refractivity (Wildman–Crippen MR) is 118 cm³/mol. The topological polar surface area (TPSA) is 48.0 Å². The van der Waals surface area contributed by atoms with Gasteiger partial charge in [-0.2, -0.15) is 0 Å². The van der Waals surface area contributed by atoms with E-state index in [1.165, 1.54) is 0 Å². The second-order valence-electron chi connectivity index (χ2n) is 9.19. The summed E-state index contributed by atoms with van der Waals surface area (Å²) < 4.78 is 20.3. The summed E-state index contributed by atoms with van der Waals surface area (Å²) in [5.74, 6) is -0.0766. The fraction of sp³-hybridized carbons (Fsp3) is 0.944. The molecule has 2 unspecified atom stereocenters. The zero-order chi connectivity index (χ0) is 20.6. The van der Waals surface area contributed by atoms with Crippen LogP contribution in [0.25, 0.3) is 0 Å². The van der Waals surface area contributed by atoms with Crippen molar-refractivity contribution in [2.24, 2.45) is 0 Å². The van der Waals surface area contributed by atoms with Crippen LogP contribution in [0.1, 0.15) is 33.6 Å². The highest BCUT2D eigenvalue weighted by atomic mass is 28.4. The molecular formula is C18H43NO4Si3. The van der Waals surface area contributed by atoms with Gasteiger partial charge in [-0.1, -0.05) is 26.6 Å². The van der Waals surface area contributed by atoms with Crippen molar-refractivity contribution < 1.29 is 18.1 Å². The molecule has 0 fully saturated rings. The minimum absolute atomic E-state index is 0.0766. The highest BCUT2D eigenvalue weighted by Gasteiger charge is 2.34. The number of carbonyl (C=O) groups excluding carboxylic acids is 1. The molecule has 8 heteroatoms. The molecule has 0 spiro atoms. The fourth-order valence-corrected chi connectivity index (χ4v) is 7.69. The summed E-state index contributed by atoms with van der Waals surface area (Å²) in [6.45, 7) is 23.4. The van der Waals surface area contributed by atoms with E-state index in [-0.39, 0.29) is 12.1 Å². The second kappa shape index (κ2) is 11.1. The molecule has 0 saturated heterocycles. The number of carbonyl (C=O) groups is 1. The molecule has 0 amide bonds. The Labute approximate surface area is 165 Å². The van der Waals surface area contributed by atoms with Crippen LogP contribution < -0.4 is 0 Å². The van der Waals surface area contributed by atoms with Gasteiger partial charge in [0.15, 0.2) is 0 Å². The van der Waals surface area contributed by atoms with Crippen LogP contribution in [-0.2, 0) is 18.1 Å². The molecule has 0 saturated carbocycles. The van der Waals surface area contributed by atoms with E-state index in [2.05, 4.69) is 64.2 Å². The first-order valence-corrected chi connectivity index (χ1v) is 19.4. The van der Waals surface area contributed by atoms with E-state index in [1.54, 1.807) is 0 Å². The number of hydrogen-bond acceptors (Lipinski definition) is 5. The molecule has 0 N–H and O–H groups in total. The maximum Gasteiger partial charge on any atom is 0.335 e. The Bertz CT molecular complexity index is 424. The van der Waals surface area contributed by atoms with Gasteiger partial charge in [-0.3, -0.25) is 4.79 Å². The van der Waals surface area contributed by atoms with Gasteiger partial charge in [-0.15, -0.1) is 0 Å². The van der Waals surface area contributed by atoms with Gasteiger partial charge in [0.05, 0.1) is 6.54 Å². The van der Waals surface area contributed by atoms with Crippen LogP contribution in [0, 0.1) is 0 Å². The third kappa shape index (κ3) is 11.7. The van der Waals surface area contributed by atoms with Crippen LogP contribution >= 0.6 is 0 Å². The minimum atomic E-state index is -2.16. The van der Waals surface area contributed by atoms with Gasteiger partial charge in [-0.05, 0) is 65.5 Å². The maximum absolute atomic E-state index is 12.3. The SMILES string of the molecule is CCO[Si](C)(CCCN(CC(=O)O[Si](C)(C)C)[Si](C)(C)C)OC(C)CC. The third-order valence-electron chi connectivity index (χ3n) is 4.22. The molecule has 26 heavy (non-hydrogen) atoms. The molecule has 5 nitrogen and oxygen atoms in total. The van der Waals surface area contributed by atoms with Crippen molar-refractivity contribution in [1.82, 2.24) is 4.57 Å². The van der Waals surface area contributed by atoms with Crippen LogP contribution in [0.15, 0.2) is 0 Å². The highest BCUT2D eigenvalue weighted by molar-refractivity contribution is 6.74. The molecule has 2 atom stereocenters. The normalized spacial score (nSPS) is 16.4. The van der Waals surface area contributed by atoms with Crippen LogP contribution in [0.5, 0.6) is 0 Å². The third-order valence-corrected chi connectivity index (χ3v) is 10.4. The monoisotopic (exact) mass is 421 g/mol. The quantitative estimate of drug-likeness (QED) is 0.399. The Morgan fingerprint density at radius 2 is 1.62 bits per heavy atom. The number of nitrogens with zero attached hydrogens (tertiary/aromatic N) is 1. The average Bonchev–Trinajstić information content (AvgIpc) is 2.43. The first-order valence-electron chi connectivity index (χ1n) is 10.0. The van der Waals surface area contributed by atoms with E-state index in [9.17, 15) is 4.79 Å². The molecule has 0 aromatic heterocycles. The van der Waals surface area contributed by atoms with Gasteiger partial charge < -0.3 is 17.8 Å². The van der Waals surface area contributed by atoms with E-state index in [0.717, 1.165) is 25.4 Å². The molecule has 0 aromatic rings. The summed E-state index contributed by atoms with van der Waals surface area (Å²) >= 11 is 0. The van der Waals surface area contributed by atoms with Gasteiger partial charge in [0.1, 0.15) is 8.24 Å². The Morgan fingerprint density at radius 3 is 2.04 bits per heavy atom. The van der Waals surface area contributed by atoms with Gasteiger partial charge in [0.25, 0.3) is 0 Å². The highest BCUT2D eigenvalue weighted by Crippen LogP contribution is 2.21. The van der Waals surface area contributed by atoms with E-state index in [0.29, 0.717) is 13.2 Å². The summed E-state index contributed by atoms with van der Waals surface area (Å²) in [5, 5.41) is 0. The van der Waals surface area contributed by atoms with Gasteiger partial charge in [0.2, 0.25) is 8.32 Å². The van der Waals surface area contributed by atoms with Gasteiger partial charge in [-0.25, -0.2) is 0 Å². The lowest BCUT2D eigenvalue weighted by atomic mass is 10.3. The first-order chi connectivity index (χ1) is 11.7. The Kier molecular flexibility index (Phi) is 11.1. The van der Waals surface area contributed by atoms with E-state index in [1.807, 2.05) is 6.92 Å². The molecular weight excluding hydrogens is 378 g/mol. The molecule has 0 aliphatic rings. The lowest BCUT2D eigenvalue weighted by molar-refractivity contribution is -0.135. The summed E-state index contributed by atoms with van der Waals surface area (Å²) in [6, 6.07) is 0.954. The van der Waals surface area contributed by atoms with Crippen LogP contribution in [0.2, 0.25) is 51.9 Å². The molecule has 0 radical (unpaired) electrons. The summed E-state index contributed by atoms with van der Waals surface area (Å²) in [4.78, 5) is 12.3. The molecule has 0 rings (SSSR count). The zero-order valence-corrected chi connectivity index (χ0v) is 21.9. The van der Waals surface area contributed by atoms with E-state index >= 15 is 0 Å². The second-order valence-corrected chi connectivity index (χ2v) is 21.9. The Balaban J connectivity index is 4.80. The maximum atomic E-state index is 12.3. The first kappa shape index (κ1) is 26.0. The predicted octanol–water partition coefficient (Wildman–Crippen LogP) is 4.82. The molecule has 0 aliphatic carbocycles. The lowest BCUT2D eigenvalue weighted by Crippen LogP contribution is -2.51. The number of hydrogen-bond donors (Lipinski definition) is 0. The largest absolute Gasteiger partial charge is 0.519 e. The number of rotatable bonds is 13. The fourth-order valence-electron chi connectivity index (χ4n) is 2.75. The molecule has 0 aliphatic heterocycles. The lowest BCUT2D eigenvalue weighted by Gasteiger charge is -2.35. The van der Waals surface area contributed by atoms with E-state index in [4.69, 9.17) is 13.3 Å². The molecule has 0 heterocycles. The van der Waals surface area contributed by atoms with Crippen molar-refractivity contribution in [1.29, 1.82) is 0 Å². The van der Waals surface area contributed by atoms with Gasteiger partial charge in [0, 0.05) is 12.7 Å². The molecule has 0 bridgehead atoms. The average molecular weight is 422 g/mol. The standard InChI is InChI=1S/C18H43NO4Si3/c1-11-17(3)22-26(10,21-12-2)15-13-14-19(24(4,5)6)16-18(20)23-25(7,8)9/h17H,11-16H2,1-10H3. The summed E-state index contributed by atoms with van der Waals surface area (Å²) in [7, 11) is -5.59. The molecule has 0 aromatic carbocycles. The Hall–Kier alpha value is 0.000649. The van der Waals surface area contributed by atoms with Gasteiger partial charge >= 0.3 is 14.5 Å².